The highest BCUT2D eigenvalue weighted by Gasteiger charge is 2.10. The zero-order chi connectivity index (χ0) is 20.2. The lowest BCUT2D eigenvalue weighted by atomic mass is 10.1. The van der Waals surface area contributed by atoms with E-state index in [9.17, 15) is 4.79 Å². The number of benzene rings is 2. The number of aromatic nitrogens is 3. The van der Waals surface area contributed by atoms with Crippen molar-refractivity contribution >= 4 is 33.0 Å². The van der Waals surface area contributed by atoms with Gasteiger partial charge in [-0.3, -0.25) is 4.79 Å². The summed E-state index contributed by atoms with van der Waals surface area (Å²) >= 11 is 7.53. The van der Waals surface area contributed by atoms with E-state index in [0.717, 1.165) is 16.8 Å². The van der Waals surface area contributed by atoms with Crippen molar-refractivity contribution in [3.63, 3.8) is 0 Å². The minimum atomic E-state index is -0.162. The van der Waals surface area contributed by atoms with E-state index in [-0.39, 0.29) is 5.56 Å². The Bertz CT molecular complexity index is 1200. The van der Waals surface area contributed by atoms with Crippen LogP contribution < -0.4 is 15.6 Å². The van der Waals surface area contributed by atoms with Gasteiger partial charge in [0.05, 0.1) is 5.02 Å². The summed E-state index contributed by atoms with van der Waals surface area (Å²) in [6.45, 7) is 2.93. The molecule has 0 atom stereocenters. The van der Waals surface area contributed by atoms with Crippen molar-refractivity contribution in [3.8, 4) is 5.75 Å². The number of halogens is 1. The molecule has 29 heavy (non-hydrogen) atoms. The number of nitrogens with zero attached hydrogens (tertiary/aromatic N) is 3. The van der Waals surface area contributed by atoms with Gasteiger partial charge in [0.1, 0.15) is 12.4 Å². The molecule has 6 nitrogen and oxygen atoms in total. The standard InChI is InChI=1S/C21H19ClN4O2S/c1-2-16-11-19(27)26-21(24-16)29-20(25-26)23-12-14-7-3-4-8-15(14)13-28-18-10-6-5-9-17(18)22/h3-11H,2,12-13H2,1H3,(H,23,25). The monoisotopic (exact) mass is 426 g/mol. The van der Waals surface area contributed by atoms with Crippen LogP contribution in [-0.4, -0.2) is 14.6 Å². The van der Waals surface area contributed by atoms with Gasteiger partial charge in [0, 0.05) is 18.3 Å². The fraction of sp³-hybridized carbons (Fsp3) is 0.190. The van der Waals surface area contributed by atoms with Gasteiger partial charge < -0.3 is 10.1 Å². The minimum absolute atomic E-state index is 0.162. The summed E-state index contributed by atoms with van der Waals surface area (Å²) in [4.78, 5) is 17.2. The maximum atomic E-state index is 12.2. The Hall–Kier alpha value is -2.90. The van der Waals surface area contributed by atoms with Crippen molar-refractivity contribution < 1.29 is 4.74 Å². The quantitative estimate of drug-likeness (QED) is 0.469. The molecule has 148 valence electrons. The van der Waals surface area contributed by atoms with Crippen molar-refractivity contribution in [1.29, 1.82) is 0 Å². The van der Waals surface area contributed by atoms with Crippen LogP contribution in [0.25, 0.3) is 4.96 Å². The number of hydrogen-bond donors (Lipinski definition) is 1. The lowest BCUT2D eigenvalue weighted by molar-refractivity contribution is 0.305. The van der Waals surface area contributed by atoms with Gasteiger partial charge >= 0.3 is 0 Å². The molecular weight excluding hydrogens is 408 g/mol. The highest BCUT2D eigenvalue weighted by Crippen LogP contribution is 2.25. The molecule has 0 fully saturated rings. The number of fused-ring (bicyclic) bond motifs is 1. The topological polar surface area (TPSA) is 68.5 Å². The average molecular weight is 427 g/mol. The molecule has 0 saturated carbocycles. The largest absolute Gasteiger partial charge is 0.487 e. The molecule has 2 heterocycles. The van der Waals surface area contributed by atoms with E-state index in [2.05, 4.69) is 15.4 Å². The van der Waals surface area contributed by atoms with Gasteiger partial charge in [0.25, 0.3) is 5.56 Å². The SMILES string of the molecule is CCc1cc(=O)n2nc(NCc3ccccc3COc3ccccc3Cl)sc2n1. The fourth-order valence-corrected chi connectivity index (χ4v) is 3.88. The van der Waals surface area contributed by atoms with Crippen LogP contribution in [0.5, 0.6) is 5.75 Å². The number of ether oxygens (including phenoxy) is 1. The Morgan fingerprint density at radius 3 is 2.69 bits per heavy atom. The number of aryl methyl sites for hydroxylation is 1. The summed E-state index contributed by atoms with van der Waals surface area (Å²) in [5.41, 5.74) is 2.73. The van der Waals surface area contributed by atoms with Crippen LogP contribution in [0.2, 0.25) is 5.02 Å². The van der Waals surface area contributed by atoms with E-state index in [0.29, 0.717) is 40.4 Å². The van der Waals surface area contributed by atoms with E-state index >= 15 is 0 Å². The van der Waals surface area contributed by atoms with Crippen LogP contribution in [0.4, 0.5) is 5.13 Å². The van der Waals surface area contributed by atoms with Gasteiger partial charge in [-0.2, -0.15) is 4.52 Å². The molecule has 0 unspecified atom stereocenters. The summed E-state index contributed by atoms with van der Waals surface area (Å²) < 4.78 is 7.21. The lowest BCUT2D eigenvalue weighted by Gasteiger charge is -2.12. The Morgan fingerprint density at radius 2 is 1.90 bits per heavy atom. The van der Waals surface area contributed by atoms with Crippen molar-refractivity contribution in [2.45, 2.75) is 26.5 Å². The van der Waals surface area contributed by atoms with Gasteiger partial charge in [0.2, 0.25) is 10.1 Å². The molecule has 4 rings (SSSR count). The number of para-hydroxylation sites is 1. The third-order valence-corrected chi connectivity index (χ3v) is 5.61. The van der Waals surface area contributed by atoms with Gasteiger partial charge in [-0.1, -0.05) is 66.3 Å². The molecule has 0 aliphatic rings. The minimum Gasteiger partial charge on any atom is -0.487 e. The summed E-state index contributed by atoms with van der Waals surface area (Å²) in [5.74, 6) is 0.653. The Balaban J connectivity index is 1.49. The first kappa shape index (κ1) is 19.4. The first-order chi connectivity index (χ1) is 14.1. The molecule has 0 amide bonds. The van der Waals surface area contributed by atoms with Gasteiger partial charge in [-0.05, 0) is 29.7 Å². The van der Waals surface area contributed by atoms with E-state index in [4.69, 9.17) is 16.3 Å². The molecule has 1 N–H and O–H groups in total. The smallest absolute Gasteiger partial charge is 0.275 e. The number of rotatable bonds is 7. The molecule has 4 aromatic rings. The van der Waals surface area contributed by atoms with E-state index in [1.807, 2.05) is 49.4 Å². The molecular formula is C21H19ClN4O2S. The molecule has 0 aliphatic heterocycles. The predicted molar refractivity (Wildman–Crippen MR) is 116 cm³/mol. The Labute approximate surface area is 176 Å². The molecule has 0 saturated heterocycles. The average Bonchev–Trinajstić information content (AvgIpc) is 3.16. The van der Waals surface area contributed by atoms with E-state index < -0.39 is 0 Å². The second-order valence-corrected chi connectivity index (χ2v) is 7.75. The Morgan fingerprint density at radius 1 is 1.14 bits per heavy atom. The van der Waals surface area contributed by atoms with Crippen LogP contribution in [0.1, 0.15) is 23.7 Å². The summed E-state index contributed by atoms with van der Waals surface area (Å²) in [7, 11) is 0. The molecule has 8 heteroatoms. The normalized spacial score (nSPS) is 11.0. The molecule has 2 aromatic carbocycles. The maximum absolute atomic E-state index is 12.2. The van der Waals surface area contributed by atoms with Gasteiger partial charge in [-0.15, -0.1) is 5.10 Å². The fourth-order valence-electron chi connectivity index (χ4n) is 2.87. The van der Waals surface area contributed by atoms with Crippen LogP contribution in [-0.2, 0) is 19.6 Å². The van der Waals surface area contributed by atoms with Crippen LogP contribution in [0, 0.1) is 0 Å². The van der Waals surface area contributed by atoms with Gasteiger partial charge in [0.15, 0.2) is 0 Å². The number of anilines is 1. The van der Waals surface area contributed by atoms with E-state index in [1.54, 1.807) is 6.07 Å². The summed E-state index contributed by atoms with van der Waals surface area (Å²) in [5, 5.41) is 8.86. The van der Waals surface area contributed by atoms with Crippen molar-refractivity contribution in [2.24, 2.45) is 0 Å². The third-order valence-electron chi connectivity index (χ3n) is 4.43. The van der Waals surface area contributed by atoms with Crippen molar-refractivity contribution in [1.82, 2.24) is 14.6 Å². The molecule has 0 aliphatic carbocycles. The van der Waals surface area contributed by atoms with Crippen LogP contribution >= 0.6 is 22.9 Å². The maximum Gasteiger partial charge on any atom is 0.275 e. The number of nitrogens with one attached hydrogen (secondary N) is 1. The third kappa shape index (κ3) is 4.41. The second-order valence-electron chi connectivity index (χ2n) is 6.38. The van der Waals surface area contributed by atoms with Crippen molar-refractivity contribution in [2.75, 3.05) is 5.32 Å². The van der Waals surface area contributed by atoms with Crippen LogP contribution in [0.15, 0.2) is 59.4 Å². The molecule has 0 spiro atoms. The number of hydrogen-bond acceptors (Lipinski definition) is 6. The van der Waals surface area contributed by atoms with Crippen LogP contribution in [0.3, 0.4) is 0 Å². The molecule has 0 bridgehead atoms. The van der Waals surface area contributed by atoms with E-state index in [1.165, 1.54) is 21.9 Å². The zero-order valence-corrected chi connectivity index (χ0v) is 17.3. The summed E-state index contributed by atoms with van der Waals surface area (Å²) in [6, 6.07) is 16.9. The zero-order valence-electron chi connectivity index (χ0n) is 15.8. The highest BCUT2D eigenvalue weighted by atomic mass is 35.5. The highest BCUT2D eigenvalue weighted by molar-refractivity contribution is 7.20. The summed E-state index contributed by atoms with van der Waals surface area (Å²) in [6.07, 6.45) is 0.714. The van der Waals surface area contributed by atoms with Crippen molar-refractivity contribution in [3.05, 3.63) is 86.8 Å². The first-order valence-electron chi connectivity index (χ1n) is 9.22. The second kappa shape index (κ2) is 8.63. The molecule has 0 radical (unpaired) electrons. The lowest BCUT2D eigenvalue weighted by Crippen LogP contribution is -2.15. The Kier molecular flexibility index (Phi) is 5.78. The van der Waals surface area contributed by atoms with Gasteiger partial charge in [-0.25, -0.2) is 4.98 Å². The first-order valence-corrected chi connectivity index (χ1v) is 10.4. The predicted octanol–water partition coefficient (Wildman–Crippen LogP) is 4.56. The molecule has 2 aromatic heterocycles.